The number of rotatable bonds is 6. The van der Waals surface area contributed by atoms with Gasteiger partial charge >= 0.3 is 0 Å². The van der Waals surface area contributed by atoms with E-state index in [0.29, 0.717) is 12.2 Å². The van der Waals surface area contributed by atoms with E-state index >= 15 is 0 Å². The second-order valence-electron chi connectivity index (χ2n) is 6.25. The van der Waals surface area contributed by atoms with Gasteiger partial charge in [-0.3, -0.25) is 0 Å². The van der Waals surface area contributed by atoms with Crippen LogP contribution in [0.4, 0.5) is 0 Å². The smallest absolute Gasteiger partial charge is 0.160 e. The molecule has 0 aliphatic heterocycles. The number of nitrogens with one attached hydrogen (secondary N) is 1. The lowest BCUT2D eigenvalue weighted by atomic mass is 9.84. The van der Waals surface area contributed by atoms with E-state index in [4.69, 9.17) is 4.74 Å². The van der Waals surface area contributed by atoms with Gasteiger partial charge in [0.1, 0.15) is 0 Å². The Balaban J connectivity index is 2.86. The fourth-order valence-corrected chi connectivity index (χ4v) is 2.26. The van der Waals surface area contributed by atoms with Crippen molar-refractivity contribution in [2.75, 3.05) is 13.7 Å². The lowest BCUT2D eigenvalue weighted by Gasteiger charge is -2.34. The third-order valence-corrected chi connectivity index (χ3v) is 3.62. The SMILES string of the molecule is COc1cc(C(C)NC(CCO)C(C)(C)C)ccc1O. The molecular weight excluding hydrogens is 254 g/mol. The molecular formula is C16H27NO3. The van der Waals surface area contributed by atoms with Crippen molar-refractivity contribution in [3.8, 4) is 11.5 Å². The van der Waals surface area contributed by atoms with Crippen LogP contribution < -0.4 is 10.1 Å². The van der Waals surface area contributed by atoms with E-state index in [2.05, 4.69) is 33.0 Å². The van der Waals surface area contributed by atoms with Gasteiger partial charge in [0.05, 0.1) is 7.11 Å². The minimum absolute atomic E-state index is 0.0675. The number of aliphatic hydroxyl groups excluding tert-OH is 1. The van der Waals surface area contributed by atoms with Crippen LogP contribution in [0.15, 0.2) is 18.2 Å². The zero-order chi connectivity index (χ0) is 15.3. The monoisotopic (exact) mass is 281 g/mol. The molecule has 0 heterocycles. The number of hydrogen-bond donors (Lipinski definition) is 3. The molecule has 0 fully saturated rings. The van der Waals surface area contributed by atoms with Crippen LogP contribution >= 0.6 is 0 Å². The third-order valence-electron chi connectivity index (χ3n) is 3.62. The van der Waals surface area contributed by atoms with E-state index in [-0.39, 0.29) is 29.9 Å². The van der Waals surface area contributed by atoms with Crippen LogP contribution in [0.2, 0.25) is 0 Å². The Morgan fingerprint density at radius 2 is 1.95 bits per heavy atom. The Morgan fingerprint density at radius 3 is 2.45 bits per heavy atom. The fraction of sp³-hybridized carbons (Fsp3) is 0.625. The van der Waals surface area contributed by atoms with Gasteiger partial charge in [-0.1, -0.05) is 26.8 Å². The first-order chi connectivity index (χ1) is 9.29. The largest absolute Gasteiger partial charge is 0.504 e. The highest BCUT2D eigenvalue weighted by atomic mass is 16.5. The summed E-state index contributed by atoms with van der Waals surface area (Å²) in [5.41, 5.74) is 1.12. The van der Waals surface area contributed by atoms with Gasteiger partial charge in [-0.05, 0) is 36.5 Å². The quantitative estimate of drug-likeness (QED) is 0.750. The van der Waals surface area contributed by atoms with Crippen molar-refractivity contribution in [1.82, 2.24) is 5.32 Å². The van der Waals surface area contributed by atoms with Crippen molar-refractivity contribution in [1.29, 1.82) is 0 Å². The van der Waals surface area contributed by atoms with Gasteiger partial charge in [-0.15, -0.1) is 0 Å². The molecule has 0 aromatic heterocycles. The normalized spacial score (nSPS) is 14.9. The Hall–Kier alpha value is -1.26. The maximum absolute atomic E-state index is 9.63. The molecule has 1 rings (SSSR count). The molecule has 20 heavy (non-hydrogen) atoms. The van der Waals surface area contributed by atoms with E-state index in [1.54, 1.807) is 13.2 Å². The van der Waals surface area contributed by atoms with Crippen molar-refractivity contribution < 1.29 is 14.9 Å². The highest BCUT2D eigenvalue weighted by Gasteiger charge is 2.25. The third kappa shape index (κ3) is 4.39. The Labute approximate surface area is 121 Å². The van der Waals surface area contributed by atoms with Gasteiger partial charge in [-0.2, -0.15) is 0 Å². The topological polar surface area (TPSA) is 61.7 Å². The van der Waals surface area contributed by atoms with Crippen LogP contribution in [0.25, 0.3) is 0 Å². The summed E-state index contributed by atoms with van der Waals surface area (Å²) >= 11 is 0. The van der Waals surface area contributed by atoms with Gasteiger partial charge in [-0.25, -0.2) is 0 Å². The summed E-state index contributed by atoms with van der Waals surface area (Å²) in [5.74, 6) is 0.622. The minimum atomic E-state index is 0.0675. The lowest BCUT2D eigenvalue weighted by molar-refractivity contribution is 0.188. The molecule has 0 spiro atoms. The van der Waals surface area contributed by atoms with Crippen LogP contribution in [0.3, 0.4) is 0 Å². The lowest BCUT2D eigenvalue weighted by Crippen LogP contribution is -2.42. The molecule has 2 atom stereocenters. The maximum atomic E-state index is 9.63. The van der Waals surface area contributed by atoms with Crippen molar-refractivity contribution in [2.45, 2.75) is 46.2 Å². The molecule has 0 aliphatic rings. The summed E-state index contributed by atoms with van der Waals surface area (Å²) in [6, 6.07) is 5.69. The number of methoxy groups -OCH3 is 1. The van der Waals surface area contributed by atoms with Crippen molar-refractivity contribution in [3.05, 3.63) is 23.8 Å². The molecule has 0 saturated carbocycles. The van der Waals surface area contributed by atoms with Crippen LogP contribution in [0.5, 0.6) is 11.5 Å². The summed E-state index contributed by atoms with van der Waals surface area (Å²) in [7, 11) is 1.54. The van der Waals surface area contributed by atoms with E-state index in [1.165, 1.54) is 0 Å². The number of aliphatic hydroxyl groups is 1. The minimum Gasteiger partial charge on any atom is -0.504 e. The van der Waals surface area contributed by atoms with E-state index in [1.807, 2.05) is 12.1 Å². The Bertz CT molecular complexity index is 426. The standard InChI is InChI=1S/C16H27NO3/c1-11(17-15(8-9-18)16(2,3)4)12-6-7-13(19)14(10-12)20-5/h6-7,10-11,15,17-19H,8-9H2,1-5H3. The highest BCUT2D eigenvalue weighted by Crippen LogP contribution is 2.30. The first-order valence-corrected chi connectivity index (χ1v) is 7.03. The molecule has 0 bridgehead atoms. The maximum Gasteiger partial charge on any atom is 0.160 e. The van der Waals surface area contributed by atoms with Gasteiger partial charge in [0.25, 0.3) is 0 Å². The molecule has 2 unspecified atom stereocenters. The first kappa shape index (κ1) is 16.8. The predicted molar refractivity (Wildman–Crippen MR) is 81.2 cm³/mol. The van der Waals surface area contributed by atoms with Crippen LogP contribution in [0.1, 0.15) is 45.7 Å². The summed E-state index contributed by atoms with van der Waals surface area (Å²) in [6.45, 7) is 8.71. The molecule has 3 N–H and O–H groups in total. The van der Waals surface area contributed by atoms with E-state index in [0.717, 1.165) is 5.56 Å². The molecule has 0 saturated heterocycles. The molecule has 0 radical (unpaired) electrons. The summed E-state index contributed by atoms with van der Waals surface area (Å²) in [5, 5.41) is 22.4. The van der Waals surface area contributed by atoms with Crippen molar-refractivity contribution in [2.24, 2.45) is 5.41 Å². The number of benzene rings is 1. The number of ether oxygens (including phenoxy) is 1. The first-order valence-electron chi connectivity index (χ1n) is 7.03. The molecule has 1 aromatic carbocycles. The van der Waals surface area contributed by atoms with Gasteiger partial charge in [0.2, 0.25) is 0 Å². The van der Waals surface area contributed by atoms with Crippen LogP contribution in [-0.2, 0) is 0 Å². The second-order valence-corrected chi connectivity index (χ2v) is 6.25. The average molecular weight is 281 g/mol. The van der Waals surface area contributed by atoms with Crippen molar-refractivity contribution in [3.63, 3.8) is 0 Å². The fourth-order valence-electron chi connectivity index (χ4n) is 2.26. The molecule has 4 heteroatoms. The summed E-state index contributed by atoms with van der Waals surface area (Å²) in [6.07, 6.45) is 0.711. The zero-order valence-corrected chi connectivity index (χ0v) is 13.1. The highest BCUT2D eigenvalue weighted by molar-refractivity contribution is 5.42. The Kier molecular flexibility index (Phi) is 5.84. The predicted octanol–water partition coefficient (Wildman–Crippen LogP) is 2.85. The zero-order valence-electron chi connectivity index (χ0n) is 13.1. The number of aromatic hydroxyl groups is 1. The number of phenols is 1. The van der Waals surface area contributed by atoms with Crippen LogP contribution in [-0.4, -0.2) is 30.0 Å². The molecule has 114 valence electrons. The van der Waals surface area contributed by atoms with Gasteiger partial charge in [0, 0.05) is 18.7 Å². The molecule has 1 aromatic rings. The van der Waals surface area contributed by atoms with Gasteiger partial charge < -0.3 is 20.3 Å². The number of phenolic OH excluding ortho intramolecular Hbond substituents is 1. The summed E-state index contributed by atoms with van der Waals surface area (Å²) in [4.78, 5) is 0. The van der Waals surface area contributed by atoms with E-state index in [9.17, 15) is 10.2 Å². The number of hydrogen-bond acceptors (Lipinski definition) is 4. The molecule has 0 aliphatic carbocycles. The summed E-state index contributed by atoms with van der Waals surface area (Å²) < 4.78 is 5.14. The molecule has 4 nitrogen and oxygen atoms in total. The Morgan fingerprint density at radius 1 is 1.30 bits per heavy atom. The second kappa shape index (κ2) is 6.95. The van der Waals surface area contributed by atoms with Crippen LogP contribution in [0, 0.1) is 5.41 Å². The average Bonchev–Trinajstić information content (AvgIpc) is 2.37. The van der Waals surface area contributed by atoms with E-state index < -0.39 is 0 Å². The van der Waals surface area contributed by atoms with Gasteiger partial charge in [0.15, 0.2) is 11.5 Å². The molecule has 0 amide bonds. The van der Waals surface area contributed by atoms with Crippen molar-refractivity contribution >= 4 is 0 Å².